The van der Waals surface area contributed by atoms with Crippen LogP contribution < -0.4 is 5.32 Å². The van der Waals surface area contributed by atoms with E-state index in [0.29, 0.717) is 6.04 Å². The maximum Gasteiger partial charge on any atom is 0.0189 e. The number of rotatable bonds is 7. The van der Waals surface area contributed by atoms with Gasteiger partial charge in [-0.15, -0.1) is 0 Å². The minimum Gasteiger partial charge on any atom is -0.315 e. The molecule has 13 heavy (non-hydrogen) atoms. The molecule has 0 aromatic rings. The summed E-state index contributed by atoms with van der Waals surface area (Å²) in [6.45, 7) is 8.82. The average Bonchev–Trinajstić information content (AvgIpc) is 2.10. The fraction of sp³-hybridized carbons (Fsp3) is 1.00. The third kappa shape index (κ3) is 6.99. The third-order valence-electron chi connectivity index (χ3n) is 2.34. The Balaban J connectivity index is 3.50. The molecule has 0 aromatic heterocycles. The molecule has 0 amide bonds. The van der Waals surface area contributed by atoms with E-state index in [9.17, 15) is 0 Å². The van der Waals surface area contributed by atoms with E-state index in [4.69, 9.17) is 0 Å². The first-order valence-corrected chi connectivity index (χ1v) is 5.13. The molecule has 0 radical (unpaired) electrons. The lowest BCUT2D eigenvalue weighted by Crippen LogP contribution is -2.40. The van der Waals surface area contributed by atoms with Gasteiger partial charge in [0.15, 0.2) is 0 Å². The van der Waals surface area contributed by atoms with Gasteiger partial charge in [-0.25, -0.2) is 0 Å². The Morgan fingerprint density at radius 2 is 1.77 bits per heavy atom. The van der Waals surface area contributed by atoms with Gasteiger partial charge in [0.05, 0.1) is 0 Å². The van der Waals surface area contributed by atoms with Crippen molar-refractivity contribution in [1.29, 1.82) is 0 Å². The number of hydrogen-bond acceptors (Lipinski definition) is 3. The van der Waals surface area contributed by atoms with Crippen LogP contribution in [-0.2, 0) is 0 Å². The van der Waals surface area contributed by atoms with E-state index >= 15 is 0 Å². The summed E-state index contributed by atoms with van der Waals surface area (Å²) in [7, 11) is 6.41. The Kier molecular flexibility index (Phi) is 7.23. The number of hydrogen-bond donors (Lipinski definition) is 1. The van der Waals surface area contributed by atoms with Gasteiger partial charge in [-0.3, -0.25) is 0 Å². The molecule has 0 aliphatic heterocycles. The molecule has 1 N–H and O–H groups in total. The highest BCUT2D eigenvalue weighted by molar-refractivity contribution is 4.66. The predicted octanol–water partition coefficient (Wildman–Crippen LogP) is 0.478. The van der Waals surface area contributed by atoms with Gasteiger partial charge in [0.1, 0.15) is 0 Å². The number of nitrogens with zero attached hydrogens (tertiary/aromatic N) is 2. The molecular formula is C10H25N3. The molecule has 0 aliphatic rings. The summed E-state index contributed by atoms with van der Waals surface area (Å²) in [6, 6.07) is 0.625. The Morgan fingerprint density at radius 3 is 2.23 bits per heavy atom. The molecule has 0 saturated heterocycles. The molecule has 1 atom stereocenters. The van der Waals surface area contributed by atoms with Crippen LogP contribution in [0.3, 0.4) is 0 Å². The van der Waals surface area contributed by atoms with Crippen LogP contribution in [-0.4, -0.2) is 63.2 Å². The van der Waals surface area contributed by atoms with Crippen LogP contribution in [0.4, 0.5) is 0 Å². The first-order valence-electron chi connectivity index (χ1n) is 5.13. The van der Waals surface area contributed by atoms with Crippen LogP contribution in [0.2, 0.25) is 0 Å². The molecule has 0 spiro atoms. The second-order valence-electron chi connectivity index (χ2n) is 3.94. The second kappa shape index (κ2) is 7.30. The molecule has 0 aromatic carbocycles. The zero-order chi connectivity index (χ0) is 10.3. The molecule has 80 valence electrons. The van der Waals surface area contributed by atoms with Crippen molar-refractivity contribution in [3.8, 4) is 0 Å². The second-order valence-corrected chi connectivity index (χ2v) is 3.94. The zero-order valence-electron chi connectivity index (χ0n) is 9.80. The van der Waals surface area contributed by atoms with Crippen molar-refractivity contribution in [3.05, 3.63) is 0 Å². The van der Waals surface area contributed by atoms with E-state index in [2.05, 4.69) is 50.1 Å². The Bertz CT molecular complexity index is 115. The van der Waals surface area contributed by atoms with Crippen molar-refractivity contribution < 1.29 is 0 Å². The highest BCUT2D eigenvalue weighted by atomic mass is 15.2. The molecule has 0 unspecified atom stereocenters. The van der Waals surface area contributed by atoms with Gasteiger partial charge in [-0.05, 0) is 34.6 Å². The highest BCUT2D eigenvalue weighted by Crippen LogP contribution is 1.93. The summed E-state index contributed by atoms with van der Waals surface area (Å²) in [4.78, 5) is 4.61. The van der Waals surface area contributed by atoms with Crippen LogP contribution in [0.25, 0.3) is 0 Å². The molecule has 0 heterocycles. The SMILES string of the molecule is CCNC[C@H](C)N(C)CCN(C)C. The lowest BCUT2D eigenvalue weighted by molar-refractivity contribution is 0.225. The van der Waals surface area contributed by atoms with Crippen LogP contribution in [0.5, 0.6) is 0 Å². The standard InChI is InChI=1S/C10H25N3/c1-6-11-9-10(2)13(5)8-7-12(3)4/h10-11H,6-9H2,1-5H3/t10-/m0/s1. The maximum absolute atomic E-state index is 3.36. The van der Waals surface area contributed by atoms with Crippen molar-refractivity contribution in [2.45, 2.75) is 19.9 Å². The molecule has 3 heteroatoms. The molecule has 0 rings (SSSR count). The summed E-state index contributed by atoms with van der Waals surface area (Å²) >= 11 is 0. The fourth-order valence-electron chi connectivity index (χ4n) is 1.09. The van der Waals surface area contributed by atoms with Gasteiger partial charge in [-0.1, -0.05) is 6.92 Å². The topological polar surface area (TPSA) is 18.5 Å². The van der Waals surface area contributed by atoms with Gasteiger partial charge < -0.3 is 15.1 Å². The van der Waals surface area contributed by atoms with Crippen LogP contribution in [0, 0.1) is 0 Å². The first kappa shape index (κ1) is 12.9. The maximum atomic E-state index is 3.36. The molecule has 3 nitrogen and oxygen atoms in total. The van der Waals surface area contributed by atoms with E-state index in [1.165, 1.54) is 0 Å². The van der Waals surface area contributed by atoms with Crippen LogP contribution in [0.15, 0.2) is 0 Å². The highest BCUT2D eigenvalue weighted by Gasteiger charge is 2.07. The van der Waals surface area contributed by atoms with E-state index in [1.807, 2.05) is 0 Å². The third-order valence-corrected chi connectivity index (χ3v) is 2.34. The van der Waals surface area contributed by atoms with Crippen molar-refractivity contribution in [3.63, 3.8) is 0 Å². The summed E-state index contributed by atoms with van der Waals surface area (Å²) in [5.74, 6) is 0. The van der Waals surface area contributed by atoms with E-state index in [0.717, 1.165) is 26.2 Å². The zero-order valence-corrected chi connectivity index (χ0v) is 9.80. The lowest BCUT2D eigenvalue weighted by Gasteiger charge is -2.26. The van der Waals surface area contributed by atoms with Gasteiger partial charge in [0, 0.05) is 25.7 Å². The Morgan fingerprint density at radius 1 is 1.15 bits per heavy atom. The van der Waals surface area contributed by atoms with Gasteiger partial charge >= 0.3 is 0 Å². The van der Waals surface area contributed by atoms with Gasteiger partial charge in [0.25, 0.3) is 0 Å². The van der Waals surface area contributed by atoms with Gasteiger partial charge in [-0.2, -0.15) is 0 Å². The van der Waals surface area contributed by atoms with E-state index in [-0.39, 0.29) is 0 Å². The summed E-state index contributed by atoms with van der Waals surface area (Å²) < 4.78 is 0. The first-order chi connectivity index (χ1) is 6.07. The summed E-state index contributed by atoms with van der Waals surface area (Å²) in [5, 5.41) is 3.36. The van der Waals surface area contributed by atoms with Gasteiger partial charge in [0.2, 0.25) is 0 Å². The molecular weight excluding hydrogens is 162 g/mol. The molecule has 0 fully saturated rings. The fourth-order valence-corrected chi connectivity index (χ4v) is 1.09. The van der Waals surface area contributed by atoms with Crippen LogP contribution >= 0.6 is 0 Å². The van der Waals surface area contributed by atoms with Crippen molar-refractivity contribution >= 4 is 0 Å². The average molecular weight is 187 g/mol. The quantitative estimate of drug-likeness (QED) is 0.625. The largest absolute Gasteiger partial charge is 0.315 e. The summed E-state index contributed by atoms with van der Waals surface area (Å²) in [6.07, 6.45) is 0. The molecule has 0 bridgehead atoms. The summed E-state index contributed by atoms with van der Waals surface area (Å²) in [5.41, 5.74) is 0. The lowest BCUT2D eigenvalue weighted by atomic mass is 10.3. The molecule has 0 aliphatic carbocycles. The monoisotopic (exact) mass is 187 g/mol. The van der Waals surface area contributed by atoms with Crippen molar-refractivity contribution in [2.75, 3.05) is 47.3 Å². The Hall–Kier alpha value is -0.120. The minimum atomic E-state index is 0.625. The molecule has 0 saturated carbocycles. The smallest absolute Gasteiger partial charge is 0.0189 e. The number of likely N-dealkylation sites (N-methyl/N-ethyl adjacent to an activating group) is 3. The van der Waals surface area contributed by atoms with Crippen LogP contribution in [0.1, 0.15) is 13.8 Å². The predicted molar refractivity (Wildman–Crippen MR) is 59.2 cm³/mol. The number of nitrogens with one attached hydrogen (secondary N) is 1. The Labute approximate surface area is 83.1 Å². The van der Waals surface area contributed by atoms with E-state index in [1.54, 1.807) is 0 Å². The van der Waals surface area contributed by atoms with E-state index < -0.39 is 0 Å². The van der Waals surface area contributed by atoms with Crippen molar-refractivity contribution in [2.24, 2.45) is 0 Å². The minimum absolute atomic E-state index is 0.625. The normalized spacial score (nSPS) is 14.1. The van der Waals surface area contributed by atoms with Crippen molar-refractivity contribution in [1.82, 2.24) is 15.1 Å².